The van der Waals surface area contributed by atoms with Crippen molar-refractivity contribution in [1.29, 1.82) is 0 Å². The van der Waals surface area contributed by atoms with Gasteiger partial charge in [0.05, 0.1) is 25.9 Å². The van der Waals surface area contributed by atoms with Crippen molar-refractivity contribution in [2.75, 3.05) is 19.8 Å². The molecule has 2 fully saturated rings. The zero-order valence-corrected chi connectivity index (χ0v) is 21.4. The lowest BCUT2D eigenvalue weighted by molar-refractivity contribution is -0.0346. The molecule has 1 aliphatic carbocycles. The fraction of sp³-hybridized carbons (Fsp3) is 0.700. The third-order valence-corrected chi connectivity index (χ3v) is 11.4. The molecule has 2 atom stereocenters. The number of benzene rings is 1. The second kappa shape index (κ2) is 9.59. The van der Waals surface area contributed by atoms with E-state index in [-0.39, 0.29) is 5.41 Å². The fourth-order valence-corrected chi connectivity index (χ4v) is 10.7. The Morgan fingerprint density at radius 2 is 1.77 bits per heavy atom. The Morgan fingerprint density at radius 1 is 1.20 bits per heavy atom. The largest absolute Gasteiger partial charge is 0.351 e. The van der Waals surface area contributed by atoms with E-state index in [9.17, 15) is 4.57 Å². The van der Waals surface area contributed by atoms with Crippen molar-refractivity contribution < 1.29 is 22.7 Å². The average Bonchev–Trinajstić information content (AvgIpc) is 3.15. The Morgan fingerprint density at radius 3 is 2.30 bits per heavy atom. The average molecular weight is 496 g/mol. The van der Waals surface area contributed by atoms with Crippen LogP contribution in [0, 0.1) is 5.41 Å². The van der Waals surface area contributed by atoms with Gasteiger partial charge in [0, 0.05) is 10.4 Å². The van der Waals surface area contributed by atoms with Crippen LogP contribution in [0.25, 0.3) is 0 Å². The van der Waals surface area contributed by atoms with Crippen LogP contribution in [0.1, 0.15) is 65.0 Å². The lowest BCUT2D eigenvalue weighted by Gasteiger charge is -2.48. The zero-order valence-electron chi connectivity index (χ0n) is 18.1. The van der Waals surface area contributed by atoms with Gasteiger partial charge in [-0.25, -0.2) is 5.09 Å². The molecule has 0 radical (unpaired) electrons. The molecule has 1 N–H and O–H groups in total. The van der Waals surface area contributed by atoms with E-state index in [1.807, 2.05) is 38.1 Å². The minimum Gasteiger partial charge on any atom is -0.318 e. The smallest absolute Gasteiger partial charge is 0.318 e. The Labute approximate surface area is 190 Å². The van der Waals surface area contributed by atoms with Crippen LogP contribution < -0.4 is 5.09 Å². The normalized spacial score (nSPS) is 28.5. The van der Waals surface area contributed by atoms with Crippen LogP contribution in [0.2, 0.25) is 5.02 Å². The molecule has 3 rings (SSSR count). The van der Waals surface area contributed by atoms with Crippen LogP contribution in [0.15, 0.2) is 24.3 Å². The summed E-state index contributed by atoms with van der Waals surface area (Å²) in [7, 11) is -3.59. The first-order chi connectivity index (χ1) is 14.1. The quantitative estimate of drug-likeness (QED) is 0.397. The number of hydrogen-bond acceptors (Lipinski definition) is 6. The van der Waals surface area contributed by atoms with Crippen molar-refractivity contribution in [1.82, 2.24) is 5.09 Å². The number of halogens is 1. The molecule has 170 valence electrons. The molecular formula is C20H32ClNO5P2S. The molecule has 0 amide bonds. The summed E-state index contributed by atoms with van der Waals surface area (Å²) in [5, 5.41) is 3.11. The maximum Gasteiger partial charge on any atom is 0.351 e. The van der Waals surface area contributed by atoms with Crippen molar-refractivity contribution in [2.24, 2.45) is 5.41 Å². The molecule has 1 unspecified atom stereocenters. The maximum atomic E-state index is 14.3. The predicted molar refractivity (Wildman–Crippen MR) is 124 cm³/mol. The van der Waals surface area contributed by atoms with Crippen LogP contribution in [0.4, 0.5) is 0 Å². The third kappa shape index (κ3) is 5.06. The minimum absolute atomic E-state index is 0.313. The highest BCUT2D eigenvalue weighted by Gasteiger charge is 2.59. The van der Waals surface area contributed by atoms with Crippen LogP contribution >= 0.6 is 25.8 Å². The number of rotatable bonds is 8. The molecule has 1 aromatic carbocycles. The summed E-state index contributed by atoms with van der Waals surface area (Å²) in [6.07, 6.45) is 2.69. The van der Waals surface area contributed by atoms with Gasteiger partial charge < -0.3 is 13.6 Å². The van der Waals surface area contributed by atoms with Gasteiger partial charge in [0.1, 0.15) is 5.28 Å². The van der Waals surface area contributed by atoms with Crippen molar-refractivity contribution in [2.45, 2.75) is 64.8 Å². The van der Waals surface area contributed by atoms with Gasteiger partial charge >= 0.3 is 7.60 Å². The summed E-state index contributed by atoms with van der Waals surface area (Å²) in [6, 6.07) is 7.49. The first kappa shape index (κ1) is 24.8. The second-order valence-electron chi connectivity index (χ2n) is 8.48. The summed E-state index contributed by atoms with van der Waals surface area (Å²) < 4.78 is 38.4. The Hall–Kier alpha value is 0.190. The molecule has 10 heteroatoms. The lowest BCUT2D eigenvalue weighted by Crippen LogP contribution is -2.46. The molecule has 30 heavy (non-hydrogen) atoms. The van der Waals surface area contributed by atoms with E-state index in [0.29, 0.717) is 37.7 Å². The highest BCUT2D eigenvalue weighted by molar-refractivity contribution is 8.09. The zero-order chi connectivity index (χ0) is 22.0. The third-order valence-electron chi connectivity index (χ3n) is 5.63. The van der Waals surface area contributed by atoms with Crippen molar-refractivity contribution in [3.05, 3.63) is 34.9 Å². The van der Waals surface area contributed by atoms with Crippen molar-refractivity contribution in [3.63, 3.8) is 0 Å². The summed E-state index contributed by atoms with van der Waals surface area (Å²) in [6.45, 7) is 6.14. The van der Waals surface area contributed by atoms with Gasteiger partial charge in [-0.2, -0.15) is 0 Å². The van der Waals surface area contributed by atoms with Gasteiger partial charge in [0.25, 0.3) is 6.64 Å². The minimum atomic E-state index is -3.59. The van der Waals surface area contributed by atoms with Crippen LogP contribution in [-0.4, -0.2) is 25.1 Å². The molecule has 1 heterocycles. The Bertz CT molecular complexity index is 819. The molecule has 0 aromatic heterocycles. The molecule has 0 spiro atoms. The molecule has 2 aliphatic rings. The summed E-state index contributed by atoms with van der Waals surface area (Å²) in [4.78, 5) is 0. The van der Waals surface area contributed by atoms with E-state index in [4.69, 9.17) is 41.5 Å². The maximum absolute atomic E-state index is 14.3. The van der Waals surface area contributed by atoms with E-state index in [1.165, 1.54) is 0 Å². The Balaban J connectivity index is 1.96. The van der Waals surface area contributed by atoms with Gasteiger partial charge in [-0.1, -0.05) is 50.4 Å². The van der Waals surface area contributed by atoms with Crippen molar-refractivity contribution in [3.8, 4) is 0 Å². The van der Waals surface area contributed by atoms with Crippen LogP contribution in [-0.2, 0) is 34.5 Å². The molecule has 1 saturated heterocycles. The van der Waals surface area contributed by atoms with Gasteiger partial charge in [-0.3, -0.25) is 9.09 Å². The highest BCUT2D eigenvalue weighted by atomic mass is 35.5. The highest BCUT2D eigenvalue weighted by Crippen LogP contribution is 2.72. The van der Waals surface area contributed by atoms with E-state index in [0.717, 1.165) is 18.4 Å². The number of hydrogen-bond donors (Lipinski definition) is 1. The molecular weight excluding hydrogens is 464 g/mol. The summed E-state index contributed by atoms with van der Waals surface area (Å²) >= 11 is 11.8. The fourth-order valence-electron chi connectivity index (χ4n) is 4.12. The van der Waals surface area contributed by atoms with Gasteiger partial charge in [0.2, 0.25) is 0 Å². The molecule has 0 bridgehead atoms. The lowest BCUT2D eigenvalue weighted by atomic mass is 9.83. The topological polar surface area (TPSA) is 66.0 Å². The van der Waals surface area contributed by atoms with E-state index < -0.39 is 25.6 Å². The van der Waals surface area contributed by atoms with E-state index in [2.05, 4.69) is 18.9 Å². The first-order valence-corrected chi connectivity index (χ1v) is 15.0. The predicted octanol–water partition coefficient (Wildman–Crippen LogP) is 6.80. The molecule has 1 aromatic rings. The summed E-state index contributed by atoms with van der Waals surface area (Å²) in [5.74, 6) is 0. The van der Waals surface area contributed by atoms with Gasteiger partial charge in [-0.05, 0) is 56.2 Å². The van der Waals surface area contributed by atoms with Crippen LogP contribution in [0.5, 0.6) is 0 Å². The molecule has 1 aliphatic heterocycles. The molecule has 1 saturated carbocycles. The van der Waals surface area contributed by atoms with Crippen molar-refractivity contribution >= 4 is 37.6 Å². The monoisotopic (exact) mass is 495 g/mol. The van der Waals surface area contributed by atoms with Gasteiger partial charge in [-0.15, -0.1) is 0 Å². The van der Waals surface area contributed by atoms with E-state index >= 15 is 0 Å². The van der Waals surface area contributed by atoms with E-state index in [1.54, 1.807) is 0 Å². The summed E-state index contributed by atoms with van der Waals surface area (Å²) in [5.41, 5.74) is 0.566. The molecule has 6 nitrogen and oxygen atoms in total. The first-order valence-electron chi connectivity index (χ1n) is 10.5. The SMILES string of the molecule is CCOP(=S)(NC1(P2(=O)OCC(C)(C)[C@H](c3ccc(Cl)cc3)O2)CCCC1)OCC. The second-order valence-corrected chi connectivity index (χ2v) is 14.4. The van der Waals surface area contributed by atoms with Gasteiger partial charge in [0.15, 0.2) is 0 Å². The standard InChI is InChI=1S/C20H32ClNO5P2S/c1-5-24-29(30,25-6-2)22-20(13-7-8-14-20)28(23)26-15-19(3,4)18(27-28)16-9-11-17(21)12-10-16/h9-12,18H,5-8,13-15H2,1-4H3,(H,22,30)/t18-,28?/m0/s1. The van der Waals surface area contributed by atoms with Crippen LogP contribution in [0.3, 0.4) is 0 Å². The number of nitrogens with one attached hydrogen (secondary N) is 1. The Kier molecular flexibility index (Phi) is 7.93.